The van der Waals surface area contributed by atoms with E-state index >= 15 is 0 Å². The van der Waals surface area contributed by atoms with Crippen molar-refractivity contribution in [2.45, 2.75) is 32.2 Å². The van der Waals surface area contributed by atoms with Gasteiger partial charge >= 0.3 is 0 Å². The maximum atomic E-state index is 5.50. The average molecular weight is 449 g/mol. The van der Waals surface area contributed by atoms with Crippen molar-refractivity contribution in [3.63, 3.8) is 0 Å². The highest BCUT2D eigenvalue weighted by Crippen LogP contribution is 2.43. The van der Waals surface area contributed by atoms with Crippen molar-refractivity contribution in [1.82, 2.24) is 15.1 Å². The Bertz CT molecular complexity index is 733. The van der Waals surface area contributed by atoms with Crippen LogP contribution in [0.1, 0.15) is 31.2 Å². The highest BCUT2D eigenvalue weighted by Gasteiger charge is 2.37. The maximum absolute atomic E-state index is 5.50. The van der Waals surface area contributed by atoms with Crippen LogP contribution in [0.2, 0.25) is 0 Å². The molecule has 0 spiro atoms. The molecule has 1 aliphatic heterocycles. The molecule has 0 aromatic heterocycles. The third kappa shape index (κ3) is 5.78. The molecule has 0 amide bonds. The van der Waals surface area contributed by atoms with Crippen molar-refractivity contribution in [1.29, 1.82) is 0 Å². The number of hydrogen-bond acceptors (Lipinski definition) is 6. The first-order chi connectivity index (χ1) is 15.6. The third-order valence-corrected chi connectivity index (χ3v) is 6.89. The monoisotopic (exact) mass is 448 g/mol. The Morgan fingerprint density at radius 2 is 1.66 bits per heavy atom. The van der Waals surface area contributed by atoms with E-state index < -0.39 is 0 Å². The molecule has 1 N–H and O–H groups in total. The molecule has 1 saturated carbocycles. The van der Waals surface area contributed by atoms with Crippen LogP contribution in [0, 0.1) is 5.41 Å². The molecule has 1 heterocycles. The zero-order chi connectivity index (χ0) is 23.0. The summed E-state index contributed by atoms with van der Waals surface area (Å²) in [7, 11) is 8.61. The van der Waals surface area contributed by atoms with E-state index in [1.165, 1.54) is 19.3 Å². The van der Waals surface area contributed by atoms with Crippen molar-refractivity contribution in [2.75, 3.05) is 74.8 Å². The van der Waals surface area contributed by atoms with Crippen molar-refractivity contribution < 1.29 is 18.9 Å². The minimum atomic E-state index is 0.375. The number of nitrogens with zero attached hydrogens (tertiary/aromatic N) is 3. The van der Waals surface area contributed by atoms with Gasteiger partial charge in [0.25, 0.3) is 0 Å². The number of benzene rings is 1. The Kier molecular flexibility index (Phi) is 8.87. The second-order valence-electron chi connectivity index (χ2n) is 8.79. The zero-order valence-corrected chi connectivity index (χ0v) is 20.4. The Morgan fingerprint density at radius 3 is 2.12 bits per heavy atom. The number of piperazine rings is 1. The van der Waals surface area contributed by atoms with E-state index in [9.17, 15) is 0 Å². The molecule has 8 heteroatoms. The predicted molar refractivity (Wildman–Crippen MR) is 127 cm³/mol. The number of hydrogen-bond donors (Lipinski definition) is 1. The Balaban J connectivity index is 1.53. The summed E-state index contributed by atoms with van der Waals surface area (Å²) in [5.41, 5.74) is 1.53. The molecule has 8 nitrogen and oxygen atoms in total. The van der Waals surface area contributed by atoms with E-state index in [0.717, 1.165) is 63.8 Å². The molecule has 180 valence electrons. The summed E-state index contributed by atoms with van der Waals surface area (Å²) >= 11 is 0. The van der Waals surface area contributed by atoms with Gasteiger partial charge in [0.2, 0.25) is 5.75 Å². The van der Waals surface area contributed by atoms with Gasteiger partial charge in [-0.05, 0) is 42.4 Å². The van der Waals surface area contributed by atoms with Gasteiger partial charge in [-0.3, -0.25) is 9.89 Å². The Morgan fingerprint density at radius 1 is 1.00 bits per heavy atom. The van der Waals surface area contributed by atoms with Crippen LogP contribution in [0.4, 0.5) is 0 Å². The van der Waals surface area contributed by atoms with Crippen LogP contribution in [0.5, 0.6) is 17.2 Å². The zero-order valence-electron chi connectivity index (χ0n) is 20.4. The summed E-state index contributed by atoms with van der Waals surface area (Å²) in [5.74, 6) is 3.04. The average Bonchev–Trinajstić information content (AvgIpc) is 2.80. The molecule has 1 saturated heterocycles. The molecule has 0 unspecified atom stereocenters. The van der Waals surface area contributed by atoms with E-state index in [1.54, 1.807) is 28.4 Å². The summed E-state index contributed by atoms with van der Waals surface area (Å²) in [6.45, 7) is 6.52. The van der Waals surface area contributed by atoms with Gasteiger partial charge in [-0.25, -0.2) is 0 Å². The minimum absolute atomic E-state index is 0.375. The summed E-state index contributed by atoms with van der Waals surface area (Å²) in [4.78, 5) is 9.39. The lowest BCUT2D eigenvalue weighted by molar-refractivity contribution is 0.0721. The van der Waals surface area contributed by atoms with Gasteiger partial charge in [-0.2, -0.15) is 0 Å². The van der Waals surface area contributed by atoms with Gasteiger partial charge in [-0.1, -0.05) is 6.42 Å². The molecule has 0 radical (unpaired) electrons. The number of nitrogens with one attached hydrogen (secondary N) is 1. The van der Waals surface area contributed by atoms with Crippen LogP contribution < -0.4 is 19.5 Å². The molecular formula is C24H40N4O4. The van der Waals surface area contributed by atoms with Gasteiger partial charge in [-0.15, -0.1) is 0 Å². The highest BCUT2D eigenvalue weighted by atomic mass is 16.5. The molecule has 0 atom stereocenters. The standard InChI is InChI=1S/C24H40N4O4/c1-25-23(26-18-24(7-6-8-24)9-14-29-2)28-12-10-27(11-13-28)17-19-15-20(30-3)22(32-5)21(16-19)31-4/h15-16H,6-14,17-18H2,1-5H3,(H,25,26). The molecule has 3 rings (SSSR count). The van der Waals surface area contributed by atoms with Crippen LogP contribution in [-0.4, -0.2) is 90.6 Å². The second-order valence-corrected chi connectivity index (χ2v) is 8.79. The van der Waals surface area contributed by atoms with Crippen molar-refractivity contribution >= 4 is 5.96 Å². The molecule has 1 aliphatic carbocycles. The molecule has 1 aromatic carbocycles. The molecule has 0 bridgehead atoms. The lowest BCUT2D eigenvalue weighted by Crippen LogP contribution is -2.54. The fraction of sp³-hybridized carbons (Fsp3) is 0.708. The number of ether oxygens (including phenoxy) is 4. The van der Waals surface area contributed by atoms with E-state index in [4.69, 9.17) is 18.9 Å². The van der Waals surface area contributed by atoms with Gasteiger partial charge in [0.1, 0.15) is 0 Å². The normalized spacial score (nSPS) is 18.8. The SMILES string of the molecule is CN=C(NCC1(CCOC)CCC1)N1CCN(Cc2cc(OC)c(OC)c(OC)c2)CC1. The van der Waals surface area contributed by atoms with Crippen LogP contribution in [0.25, 0.3) is 0 Å². The summed E-state index contributed by atoms with van der Waals surface area (Å²) in [5, 5.41) is 3.65. The Labute approximate surface area is 192 Å². The molecule has 32 heavy (non-hydrogen) atoms. The van der Waals surface area contributed by atoms with Crippen LogP contribution in [0.3, 0.4) is 0 Å². The van der Waals surface area contributed by atoms with E-state index in [2.05, 4.69) is 20.1 Å². The lowest BCUT2D eigenvalue weighted by Gasteiger charge is -2.43. The largest absolute Gasteiger partial charge is 0.493 e. The van der Waals surface area contributed by atoms with E-state index in [1.807, 2.05) is 19.2 Å². The first kappa shape index (κ1) is 24.5. The summed E-state index contributed by atoms with van der Waals surface area (Å²) in [6.07, 6.45) is 5.01. The first-order valence-corrected chi connectivity index (χ1v) is 11.5. The molecule has 2 fully saturated rings. The fourth-order valence-corrected chi connectivity index (χ4v) is 4.71. The minimum Gasteiger partial charge on any atom is -0.493 e. The van der Waals surface area contributed by atoms with E-state index in [-0.39, 0.29) is 0 Å². The molecule has 2 aliphatic rings. The number of methoxy groups -OCH3 is 4. The maximum Gasteiger partial charge on any atom is 0.203 e. The van der Waals surface area contributed by atoms with Crippen LogP contribution in [-0.2, 0) is 11.3 Å². The second kappa shape index (κ2) is 11.6. The molecular weight excluding hydrogens is 408 g/mol. The van der Waals surface area contributed by atoms with Gasteiger partial charge in [0.05, 0.1) is 21.3 Å². The smallest absolute Gasteiger partial charge is 0.203 e. The number of rotatable bonds is 10. The topological polar surface area (TPSA) is 67.8 Å². The van der Waals surface area contributed by atoms with Crippen molar-refractivity contribution in [2.24, 2.45) is 10.4 Å². The highest BCUT2D eigenvalue weighted by molar-refractivity contribution is 5.80. The molecule has 1 aromatic rings. The van der Waals surface area contributed by atoms with Crippen LogP contribution in [0.15, 0.2) is 17.1 Å². The summed E-state index contributed by atoms with van der Waals surface area (Å²) in [6, 6.07) is 4.07. The van der Waals surface area contributed by atoms with Crippen molar-refractivity contribution in [3.8, 4) is 17.2 Å². The summed E-state index contributed by atoms with van der Waals surface area (Å²) < 4.78 is 21.8. The lowest BCUT2D eigenvalue weighted by atomic mass is 9.67. The van der Waals surface area contributed by atoms with Crippen LogP contribution >= 0.6 is 0 Å². The Hall–Kier alpha value is -2.19. The van der Waals surface area contributed by atoms with Gasteiger partial charge in [0, 0.05) is 60.0 Å². The predicted octanol–water partition coefficient (Wildman–Crippen LogP) is 2.61. The van der Waals surface area contributed by atoms with Gasteiger partial charge in [0.15, 0.2) is 17.5 Å². The first-order valence-electron chi connectivity index (χ1n) is 11.5. The quantitative estimate of drug-likeness (QED) is 0.436. The number of guanidine groups is 1. The van der Waals surface area contributed by atoms with E-state index in [0.29, 0.717) is 22.7 Å². The third-order valence-electron chi connectivity index (χ3n) is 6.89. The fourth-order valence-electron chi connectivity index (χ4n) is 4.71. The van der Waals surface area contributed by atoms with Crippen molar-refractivity contribution in [3.05, 3.63) is 17.7 Å². The van der Waals surface area contributed by atoms with Gasteiger partial charge < -0.3 is 29.2 Å². The number of aliphatic imine (C=N–C) groups is 1.